The van der Waals surface area contributed by atoms with Gasteiger partial charge in [-0.15, -0.1) is 10.2 Å². The predicted molar refractivity (Wildman–Crippen MR) is 137 cm³/mol. The van der Waals surface area contributed by atoms with Gasteiger partial charge in [-0.3, -0.25) is 4.98 Å². The van der Waals surface area contributed by atoms with Crippen molar-refractivity contribution in [3.63, 3.8) is 0 Å². The zero-order chi connectivity index (χ0) is 26.6. The van der Waals surface area contributed by atoms with Crippen LogP contribution in [0.4, 0.5) is 14.5 Å². The van der Waals surface area contributed by atoms with E-state index in [1.807, 2.05) is 4.90 Å². The molecule has 0 saturated carbocycles. The summed E-state index contributed by atoms with van der Waals surface area (Å²) in [5, 5.41) is 17.6. The van der Waals surface area contributed by atoms with E-state index in [-0.39, 0.29) is 31.2 Å². The molecule has 0 unspecified atom stereocenters. The number of ether oxygens (including phenoxy) is 2. The van der Waals surface area contributed by atoms with Gasteiger partial charge in [-0.05, 0) is 18.2 Å². The highest BCUT2D eigenvalue weighted by Crippen LogP contribution is 2.40. The second kappa shape index (κ2) is 10.9. The molecule has 1 aliphatic rings. The van der Waals surface area contributed by atoms with Crippen LogP contribution < -0.4 is 9.64 Å². The maximum absolute atomic E-state index is 15.7. The number of hydrogen-bond donors (Lipinski definition) is 0. The zero-order valence-electron chi connectivity index (χ0n) is 21.5. The van der Waals surface area contributed by atoms with Crippen LogP contribution in [0, 0.1) is 17.3 Å². The lowest BCUT2D eigenvalue weighted by atomic mass is 9.91. The number of nitrogens with zero attached hydrogens (tertiary/aromatic N) is 7. The molecule has 4 rings (SSSR count). The van der Waals surface area contributed by atoms with E-state index in [1.165, 1.54) is 24.8 Å². The van der Waals surface area contributed by atoms with Crippen LogP contribution in [0.1, 0.15) is 24.2 Å². The van der Waals surface area contributed by atoms with Gasteiger partial charge in [0, 0.05) is 65.6 Å². The molecule has 0 atom stereocenters. The first kappa shape index (κ1) is 26.6. The van der Waals surface area contributed by atoms with E-state index >= 15 is 4.39 Å². The smallest absolute Gasteiger partial charge is 0.255 e. The summed E-state index contributed by atoms with van der Waals surface area (Å²) in [6, 6.07) is 6.28. The monoisotopic (exact) mass is 527 g/mol. The van der Waals surface area contributed by atoms with Crippen molar-refractivity contribution < 1.29 is 18.3 Å². The molecule has 0 amide bonds. The molecule has 3 aromatic rings. The summed E-state index contributed by atoms with van der Waals surface area (Å²) in [5.74, 6) is -0.542. The normalized spacial score (nSPS) is 15.4. The number of nitriles is 1. The van der Waals surface area contributed by atoms with Crippen molar-refractivity contribution in [2.45, 2.75) is 44.2 Å². The molecule has 12 heteroatoms. The summed E-state index contributed by atoms with van der Waals surface area (Å²) in [6.07, 6.45) is 4.69. The van der Waals surface area contributed by atoms with Gasteiger partial charge in [0.2, 0.25) is 0 Å². The fourth-order valence-electron chi connectivity index (χ4n) is 4.27. The van der Waals surface area contributed by atoms with Crippen LogP contribution in [-0.2, 0) is 17.5 Å². The second-order valence-corrected chi connectivity index (χ2v) is 16.0. The van der Waals surface area contributed by atoms with Crippen LogP contribution in [-0.4, -0.2) is 59.3 Å². The number of aryl methyl sites for hydroxylation is 1. The van der Waals surface area contributed by atoms with Crippen molar-refractivity contribution >= 4 is 13.8 Å². The fraction of sp³-hybridized carbons (Fsp3) is 0.480. The SMILES string of the molecule is Cn1cnnc1C1(F)CCN(c2c(C#N)ccnc2-c2cnc(F)c(OCOCC[Si](C)(C)C)c2)CC1. The van der Waals surface area contributed by atoms with E-state index in [0.717, 1.165) is 6.04 Å². The maximum atomic E-state index is 15.7. The Labute approximate surface area is 216 Å². The molecule has 1 aliphatic heterocycles. The number of piperidine rings is 1. The molecule has 4 heterocycles. The third kappa shape index (κ3) is 6.11. The van der Waals surface area contributed by atoms with Crippen LogP contribution >= 0.6 is 0 Å². The number of aromatic nitrogens is 5. The van der Waals surface area contributed by atoms with Gasteiger partial charge in [-0.1, -0.05) is 19.6 Å². The fourth-order valence-corrected chi connectivity index (χ4v) is 5.03. The molecule has 0 bridgehead atoms. The van der Waals surface area contributed by atoms with Crippen molar-refractivity contribution in [3.8, 4) is 23.1 Å². The maximum Gasteiger partial charge on any atom is 0.255 e. The van der Waals surface area contributed by atoms with E-state index in [4.69, 9.17) is 9.47 Å². The molecular formula is C25H31F2N7O2Si. The minimum atomic E-state index is -1.62. The Hall–Kier alpha value is -3.43. The molecule has 3 aromatic heterocycles. The molecule has 1 saturated heterocycles. The Morgan fingerprint density at radius 3 is 2.62 bits per heavy atom. The lowest BCUT2D eigenvalue weighted by Crippen LogP contribution is -2.42. The Bertz CT molecular complexity index is 1280. The number of pyridine rings is 2. The van der Waals surface area contributed by atoms with Crippen molar-refractivity contribution in [1.29, 1.82) is 5.26 Å². The van der Waals surface area contributed by atoms with E-state index < -0.39 is 19.7 Å². The highest BCUT2D eigenvalue weighted by atomic mass is 28.3. The first-order chi connectivity index (χ1) is 17.6. The standard InChI is InChI=1S/C25H31F2N7O2Si/c1-33-16-31-32-24(33)25(27)6-9-34(10-7-25)22-18(14-28)5-8-29-21(22)19-13-20(23(26)30-15-19)36-17-35-11-12-37(2,3)4/h5,8,13,15-16H,6-7,9-12,17H2,1-4H3. The summed E-state index contributed by atoms with van der Waals surface area (Å²) >= 11 is 0. The third-order valence-electron chi connectivity index (χ3n) is 6.40. The van der Waals surface area contributed by atoms with Gasteiger partial charge in [0.15, 0.2) is 24.0 Å². The van der Waals surface area contributed by atoms with E-state index in [9.17, 15) is 9.65 Å². The molecule has 0 aliphatic carbocycles. The van der Waals surface area contributed by atoms with Crippen molar-refractivity contribution in [1.82, 2.24) is 24.7 Å². The van der Waals surface area contributed by atoms with E-state index in [1.54, 1.807) is 17.7 Å². The summed E-state index contributed by atoms with van der Waals surface area (Å²) in [7, 11) is 0.469. The van der Waals surface area contributed by atoms with Crippen molar-refractivity contribution in [3.05, 3.63) is 48.2 Å². The van der Waals surface area contributed by atoms with Gasteiger partial charge >= 0.3 is 0 Å². The first-order valence-corrected chi connectivity index (χ1v) is 15.9. The van der Waals surface area contributed by atoms with Gasteiger partial charge in [0.25, 0.3) is 5.95 Å². The second-order valence-electron chi connectivity index (χ2n) is 10.4. The number of alkyl halides is 1. The van der Waals surface area contributed by atoms with Crippen molar-refractivity contribution in [2.75, 3.05) is 31.4 Å². The zero-order valence-corrected chi connectivity index (χ0v) is 22.5. The minimum absolute atomic E-state index is 0.0654. The highest BCUT2D eigenvalue weighted by Gasteiger charge is 2.41. The molecule has 37 heavy (non-hydrogen) atoms. The topological polar surface area (TPSA) is 102 Å². The largest absolute Gasteiger partial charge is 0.463 e. The predicted octanol–water partition coefficient (Wildman–Crippen LogP) is 4.44. The highest BCUT2D eigenvalue weighted by molar-refractivity contribution is 6.76. The van der Waals surface area contributed by atoms with Gasteiger partial charge in [-0.25, -0.2) is 9.37 Å². The molecule has 0 radical (unpaired) electrons. The van der Waals surface area contributed by atoms with Crippen LogP contribution in [0.3, 0.4) is 0 Å². The molecular weight excluding hydrogens is 496 g/mol. The molecule has 9 nitrogen and oxygen atoms in total. The Balaban J connectivity index is 1.55. The number of hydrogen-bond acceptors (Lipinski definition) is 8. The summed E-state index contributed by atoms with van der Waals surface area (Å²) < 4.78 is 42.8. The molecule has 196 valence electrons. The Morgan fingerprint density at radius 2 is 1.97 bits per heavy atom. The van der Waals surface area contributed by atoms with Crippen LogP contribution in [0.2, 0.25) is 25.7 Å². The lowest BCUT2D eigenvalue weighted by molar-refractivity contribution is 0.0193. The summed E-state index contributed by atoms with van der Waals surface area (Å²) in [4.78, 5) is 10.3. The Kier molecular flexibility index (Phi) is 7.84. The quantitative estimate of drug-likeness (QED) is 0.174. The summed E-state index contributed by atoms with van der Waals surface area (Å²) in [6.45, 7) is 7.85. The van der Waals surface area contributed by atoms with Crippen molar-refractivity contribution in [2.24, 2.45) is 7.05 Å². The number of rotatable bonds is 9. The lowest BCUT2D eigenvalue weighted by Gasteiger charge is -2.37. The minimum Gasteiger partial charge on any atom is -0.463 e. The van der Waals surface area contributed by atoms with Gasteiger partial charge in [0.1, 0.15) is 12.4 Å². The first-order valence-electron chi connectivity index (χ1n) is 12.2. The Morgan fingerprint density at radius 1 is 1.22 bits per heavy atom. The van der Waals surface area contributed by atoms with Crippen LogP contribution in [0.25, 0.3) is 11.3 Å². The number of anilines is 1. The van der Waals surface area contributed by atoms with Gasteiger partial charge in [0.05, 0.1) is 16.9 Å². The van der Waals surface area contributed by atoms with Crippen LogP contribution in [0.5, 0.6) is 5.75 Å². The van der Waals surface area contributed by atoms with E-state index in [2.05, 4.69) is 45.9 Å². The molecule has 0 aromatic carbocycles. The molecule has 0 N–H and O–H groups in total. The summed E-state index contributed by atoms with van der Waals surface area (Å²) in [5.41, 5.74) is 0.245. The average molecular weight is 528 g/mol. The molecule has 0 spiro atoms. The average Bonchev–Trinajstić information content (AvgIpc) is 3.31. The van der Waals surface area contributed by atoms with Gasteiger partial charge in [-0.2, -0.15) is 9.65 Å². The van der Waals surface area contributed by atoms with Gasteiger partial charge < -0.3 is 18.9 Å². The third-order valence-corrected chi connectivity index (χ3v) is 8.11. The number of halogens is 2. The van der Waals surface area contributed by atoms with E-state index in [0.29, 0.717) is 42.2 Å². The van der Waals surface area contributed by atoms with Crippen LogP contribution in [0.15, 0.2) is 30.9 Å². The molecule has 1 fully saturated rings.